The van der Waals surface area contributed by atoms with Crippen molar-refractivity contribution in [3.63, 3.8) is 0 Å². The van der Waals surface area contributed by atoms with E-state index in [2.05, 4.69) is 4.99 Å². The summed E-state index contributed by atoms with van der Waals surface area (Å²) < 4.78 is 9.27. The van der Waals surface area contributed by atoms with Gasteiger partial charge in [-0.15, -0.1) is 0 Å². The molecule has 1 saturated heterocycles. The molecule has 2 aliphatic heterocycles. The van der Waals surface area contributed by atoms with Gasteiger partial charge in [0.25, 0.3) is 5.91 Å². The molecule has 2 aliphatic rings. The molecule has 0 aromatic carbocycles. The van der Waals surface area contributed by atoms with Crippen LogP contribution in [0.5, 0.6) is 0 Å². The lowest BCUT2D eigenvalue weighted by Gasteiger charge is -2.32. The third kappa shape index (κ3) is 2.20. The van der Waals surface area contributed by atoms with Crippen LogP contribution in [0, 0.1) is 6.92 Å². The highest BCUT2D eigenvalue weighted by Gasteiger charge is 2.52. The number of aliphatic imine (C=N–C) groups is 1. The van der Waals surface area contributed by atoms with Crippen molar-refractivity contribution in [2.75, 3.05) is 13.6 Å². The summed E-state index contributed by atoms with van der Waals surface area (Å²) in [6.45, 7) is 4.85. The van der Waals surface area contributed by atoms with Crippen LogP contribution in [0.15, 0.2) is 34.0 Å². The van der Waals surface area contributed by atoms with Gasteiger partial charge in [-0.2, -0.15) is 0 Å². The molecule has 130 valence electrons. The molecule has 2 aromatic heterocycles. The zero-order valence-corrected chi connectivity index (χ0v) is 14.5. The average Bonchev–Trinajstić information content (AvgIpc) is 3.28. The lowest BCUT2D eigenvalue weighted by atomic mass is 10.1. The predicted octanol–water partition coefficient (Wildman–Crippen LogP) is 1.61. The van der Waals surface area contributed by atoms with E-state index in [0.29, 0.717) is 24.9 Å². The van der Waals surface area contributed by atoms with E-state index in [9.17, 15) is 9.59 Å². The van der Waals surface area contributed by atoms with Gasteiger partial charge in [0.2, 0.25) is 11.9 Å². The van der Waals surface area contributed by atoms with Gasteiger partial charge < -0.3 is 4.42 Å². The fourth-order valence-corrected chi connectivity index (χ4v) is 3.41. The Bertz CT molecular complexity index is 880. The highest BCUT2D eigenvalue weighted by molar-refractivity contribution is 6.19. The second-order valence-corrected chi connectivity index (χ2v) is 6.35. The number of furan rings is 1. The van der Waals surface area contributed by atoms with Crippen LogP contribution in [0.25, 0.3) is 0 Å². The summed E-state index contributed by atoms with van der Waals surface area (Å²) in [5.41, 5.74) is 0.976. The van der Waals surface area contributed by atoms with Gasteiger partial charge in [0, 0.05) is 13.6 Å². The van der Waals surface area contributed by atoms with Crippen molar-refractivity contribution in [2.45, 2.75) is 32.9 Å². The molecule has 8 nitrogen and oxygen atoms in total. The molecule has 3 amide bonds. The number of likely N-dealkylation sites (N-methyl/N-ethyl adjacent to an activating group) is 1. The molecule has 0 aliphatic carbocycles. The van der Waals surface area contributed by atoms with Gasteiger partial charge in [-0.3, -0.25) is 14.6 Å². The molecular formula is C17H20N5O3+. The Morgan fingerprint density at radius 1 is 1.36 bits per heavy atom. The van der Waals surface area contributed by atoms with E-state index in [1.54, 1.807) is 13.3 Å². The minimum absolute atomic E-state index is 0.220. The van der Waals surface area contributed by atoms with Crippen molar-refractivity contribution in [1.29, 1.82) is 0 Å². The maximum absolute atomic E-state index is 12.9. The van der Waals surface area contributed by atoms with Crippen LogP contribution in [0.4, 0.5) is 10.7 Å². The van der Waals surface area contributed by atoms with E-state index >= 15 is 0 Å². The molecule has 4 rings (SSSR count). The highest BCUT2D eigenvalue weighted by Crippen LogP contribution is 2.29. The predicted molar refractivity (Wildman–Crippen MR) is 88.5 cm³/mol. The van der Waals surface area contributed by atoms with Crippen LogP contribution in [0.3, 0.4) is 0 Å². The molecule has 0 radical (unpaired) electrons. The number of carbonyl (C=O) groups excluding carboxylic acids is 2. The minimum Gasteiger partial charge on any atom is -0.466 e. The van der Waals surface area contributed by atoms with Gasteiger partial charge in [0.15, 0.2) is 0 Å². The number of imidazole rings is 1. The normalized spacial score (nSPS) is 19.3. The number of amides is 3. The maximum Gasteiger partial charge on any atom is 0.402 e. The Morgan fingerprint density at radius 3 is 2.84 bits per heavy atom. The van der Waals surface area contributed by atoms with E-state index < -0.39 is 6.04 Å². The zero-order valence-electron chi connectivity index (χ0n) is 14.5. The SMILES string of the molecule is CCCN1C(=O)C2C(=Nc3n(Cc4ccco4)c(C)c[n+]32)N(C)C1=O. The first-order valence-corrected chi connectivity index (χ1v) is 8.34. The number of aromatic nitrogens is 2. The lowest BCUT2D eigenvalue weighted by Crippen LogP contribution is -2.62. The highest BCUT2D eigenvalue weighted by atomic mass is 16.3. The summed E-state index contributed by atoms with van der Waals surface area (Å²) >= 11 is 0. The molecule has 8 heteroatoms. The van der Waals surface area contributed by atoms with Gasteiger partial charge in [-0.05, 0) is 25.5 Å². The standard InChI is InChI=1S/C17H20N5O3/c1-4-7-20-15(23)13-14(19(3)17(20)24)18-16-21(11(2)9-22(13)16)10-12-6-5-8-25-12/h5-6,8-9,13H,4,7,10H2,1-3H3/q+1. The minimum atomic E-state index is -0.583. The fraction of sp³-hybridized carbons (Fsp3) is 0.412. The summed E-state index contributed by atoms with van der Waals surface area (Å²) in [4.78, 5) is 32.8. The zero-order chi connectivity index (χ0) is 17.7. The van der Waals surface area contributed by atoms with E-state index in [1.165, 1.54) is 9.80 Å². The first kappa shape index (κ1) is 15.6. The Morgan fingerprint density at radius 2 is 2.16 bits per heavy atom. The number of hydrogen-bond donors (Lipinski definition) is 0. The van der Waals surface area contributed by atoms with Crippen molar-refractivity contribution in [1.82, 2.24) is 14.4 Å². The second-order valence-electron chi connectivity index (χ2n) is 6.35. The number of amidine groups is 1. The van der Waals surface area contributed by atoms with Crippen LogP contribution in [0.2, 0.25) is 0 Å². The summed E-state index contributed by atoms with van der Waals surface area (Å²) in [5, 5.41) is 0. The van der Waals surface area contributed by atoms with Gasteiger partial charge in [-0.25, -0.2) is 13.9 Å². The Hall–Kier alpha value is -2.90. The van der Waals surface area contributed by atoms with Crippen LogP contribution < -0.4 is 4.57 Å². The monoisotopic (exact) mass is 342 g/mol. The van der Waals surface area contributed by atoms with E-state index in [4.69, 9.17) is 4.42 Å². The number of carbonyl (C=O) groups is 2. The Labute approximate surface area is 145 Å². The second kappa shape index (κ2) is 5.58. The van der Waals surface area contributed by atoms with E-state index in [-0.39, 0.29) is 11.9 Å². The molecule has 0 N–H and O–H groups in total. The maximum atomic E-state index is 12.9. The van der Waals surface area contributed by atoms with Crippen LogP contribution in [0.1, 0.15) is 30.8 Å². The first-order chi connectivity index (χ1) is 12.0. The van der Waals surface area contributed by atoms with Crippen LogP contribution >= 0.6 is 0 Å². The van der Waals surface area contributed by atoms with Crippen molar-refractivity contribution in [3.8, 4) is 0 Å². The summed E-state index contributed by atoms with van der Waals surface area (Å²) in [5.74, 6) is 1.72. The number of aryl methyl sites for hydroxylation is 1. The topological polar surface area (TPSA) is 74.9 Å². The molecule has 2 aromatic rings. The molecule has 1 atom stereocenters. The van der Waals surface area contributed by atoms with Crippen LogP contribution in [-0.4, -0.2) is 45.7 Å². The van der Waals surface area contributed by atoms with Crippen molar-refractivity contribution in [3.05, 3.63) is 36.0 Å². The summed E-state index contributed by atoms with van der Waals surface area (Å²) in [6, 6.07) is 2.84. The van der Waals surface area contributed by atoms with Gasteiger partial charge in [-0.1, -0.05) is 11.9 Å². The van der Waals surface area contributed by atoms with Crippen molar-refractivity contribution >= 4 is 23.7 Å². The number of hydrogen-bond acceptors (Lipinski definition) is 4. The quantitative estimate of drug-likeness (QED) is 0.792. The lowest BCUT2D eigenvalue weighted by molar-refractivity contribution is -0.677. The van der Waals surface area contributed by atoms with Gasteiger partial charge in [0.05, 0.1) is 6.26 Å². The molecule has 0 saturated carbocycles. The fourth-order valence-electron chi connectivity index (χ4n) is 3.41. The third-order valence-electron chi connectivity index (χ3n) is 4.66. The third-order valence-corrected chi connectivity index (χ3v) is 4.66. The number of rotatable bonds is 4. The number of imide groups is 1. The van der Waals surface area contributed by atoms with Crippen molar-refractivity contribution in [2.24, 2.45) is 4.99 Å². The number of fused-ring (bicyclic) bond motifs is 3. The number of nitrogens with zero attached hydrogens (tertiary/aromatic N) is 5. The summed E-state index contributed by atoms with van der Waals surface area (Å²) in [6.07, 6.45) is 4.26. The molecule has 1 unspecified atom stereocenters. The molecule has 0 spiro atoms. The van der Waals surface area contributed by atoms with Gasteiger partial charge in [0.1, 0.15) is 24.2 Å². The first-order valence-electron chi connectivity index (χ1n) is 8.34. The largest absolute Gasteiger partial charge is 0.466 e. The molecular weight excluding hydrogens is 322 g/mol. The molecule has 25 heavy (non-hydrogen) atoms. The van der Waals surface area contributed by atoms with E-state index in [0.717, 1.165) is 17.9 Å². The number of urea groups is 1. The molecule has 1 fully saturated rings. The molecule has 0 bridgehead atoms. The van der Waals surface area contributed by atoms with Crippen molar-refractivity contribution < 1.29 is 18.6 Å². The molecule has 4 heterocycles. The average molecular weight is 342 g/mol. The Kier molecular flexibility index (Phi) is 3.48. The van der Waals surface area contributed by atoms with Crippen LogP contribution in [-0.2, 0) is 11.3 Å². The summed E-state index contributed by atoms with van der Waals surface area (Å²) in [7, 11) is 1.67. The van der Waals surface area contributed by atoms with E-state index in [1.807, 2.05) is 41.3 Å². The smallest absolute Gasteiger partial charge is 0.402 e. The Balaban J connectivity index is 1.77. The van der Waals surface area contributed by atoms with Gasteiger partial charge >= 0.3 is 12.0 Å².